The molecular formula is C8H15ClO2S. The molecule has 4 heteroatoms. The third-order valence-electron chi connectivity index (χ3n) is 2.34. The van der Waals surface area contributed by atoms with Gasteiger partial charge in [0.15, 0.2) is 9.84 Å². The van der Waals surface area contributed by atoms with Crippen LogP contribution in [0, 0.1) is 5.92 Å². The average Bonchev–Trinajstić information content (AvgIpc) is 2.31. The molecule has 0 N–H and O–H groups in total. The first-order valence-corrected chi connectivity index (χ1v) is 6.65. The van der Waals surface area contributed by atoms with Crippen molar-refractivity contribution in [3.05, 3.63) is 0 Å². The van der Waals surface area contributed by atoms with E-state index in [0.717, 1.165) is 19.3 Å². The Bertz CT molecular complexity index is 235. The molecule has 1 fully saturated rings. The third-order valence-corrected chi connectivity index (χ3v) is 4.71. The SMILES string of the molecule is CCCC(Cl)C1CCS(=O)(=O)C1. The number of sulfone groups is 1. The second-order valence-electron chi connectivity index (χ2n) is 3.47. The summed E-state index contributed by atoms with van der Waals surface area (Å²) in [7, 11) is -2.74. The molecule has 0 spiro atoms. The molecule has 0 aliphatic carbocycles. The topological polar surface area (TPSA) is 34.1 Å². The number of halogens is 1. The molecule has 0 aromatic rings. The maximum atomic E-state index is 11.1. The normalized spacial score (nSPS) is 30.3. The molecule has 0 aromatic carbocycles. The fraction of sp³-hybridized carbons (Fsp3) is 1.00. The maximum Gasteiger partial charge on any atom is 0.150 e. The molecule has 12 heavy (non-hydrogen) atoms. The van der Waals surface area contributed by atoms with Crippen LogP contribution >= 0.6 is 11.6 Å². The Balaban J connectivity index is 2.46. The Kier molecular flexibility index (Phi) is 3.41. The largest absolute Gasteiger partial charge is 0.229 e. The molecule has 1 aliphatic heterocycles. The molecule has 1 rings (SSSR count). The Morgan fingerprint density at radius 2 is 2.25 bits per heavy atom. The summed E-state index contributed by atoms with van der Waals surface area (Å²) in [5.74, 6) is 0.850. The summed E-state index contributed by atoms with van der Waals surface area (Å²) in [5.41, 5.74) is 0. The van der Waals surface area contributed by atoms with Gasteiger partial charge in [0, 0.05) is 5.38 Å². The summed E-state index contributed by atoms with van der Waals surface area (Å²) >= 11 is 6.05. The van der Waals surface area contributed by atoms with Crippen LogP contribution in [-0.4, -0.2) is 25.3 Å². The molecule has 2 nitrogen and oxygen atoms in total. The molecule has 72 valence electrons. The van der Waals surface area contributed by atoms with Crippen LogP contribution in [0.1, 0.15) is 26.2 Å². The predicted molar refractivity (Wildman–Crippen MR) is 51.3 cm³/mol. The molecule has 2 unspecified atom stereocenters. The van der Waals surface area contributed by atoms with Crippen molar-refractivity contribution in [2.45, 2.75) is 31.6 Å². The number of alkyl halides is 1. The Morgan fingerprint density at radius 1 is 1.58 bits per heavy atom. The van der Waals surface area contributed by atoms with E-state index < -0.39 is 9.84 Å². The van der Waals surface area contributed by atoms with Crippen LogP contribution in [-0.2, 0) is 9.84 Å². The van der Waals surface area contributed by atoms with Gasteiger partial charge in [0.25, 0.3) is 0 Å². The van der Waals surface area contributed by atoms with E-state index in [-0.39, 0.29) is 11.3 Å². The molecule has 1 heterocycles. The van der Waals surface area contributed by atoms with Gasteiger partial charge in [0.05, 0.1) is 11.5 Å². The second kappa shape index (κ2) is 3.97. The monoisotopic (exact) mass is 210 g/mol. The van der Waals surface area contributed by atoms with E-state index in [9.17, 15) is 8.42 Å². The van der Waals surface area contributed by atoms with Gasteiger partial charge in [-0.3, -0.25) is 0 Å². The lowest BCUT2D eigenvalue weighted by Crippen LogP contribution is -2.16. The van der Waals surface area contributed by atoms with Crippen molar-refractivity contribution in [1.29, 1.82) is 0 Å². The zero-order chi connectivity index (χ0) is 9.19. The van der Waals surface area contributed by atoms with Crippen molar-refractivity contribution in [2.24, 2.45) is 5.92 Å². The van der Waals surface area contributed by atoms with E-state index in [1.807, 2.05) is 0 Å². The zero-order valence-electron chi connectivity index (χ0n) is 7.29. The maximum absolute atomic E-state index is 11.1. The second-order valence-corrected chi connectivity index (χ2v) is 6.26. The minimum absolute atomic E-state index is 0.0623. The van der Waals surface area contributed by atoms with Crippen LogP contribution in [0.2, 0.25) is 0 Å². The molecule has 1 saturated heterocycles. The van der Waals surface area contributed by atoms with Crippen LogP contribution < -0.4 is 0 Å². The van der Waals surface area contributed by atoms with Gasteiger partial charge in [0.1, 0.15) is 0 Å². The lowest BCUT2D eigenvalue weighted by molar-refractivity contribution is 0.523. The van der Waals surface area contributed by atoms with Gasteiger partial charge >= 0.3 is 0 Å². The van der Waals surface area contributed by atoms with Crippen LogP contribution in [0.4, 0.5) is 0 Å². The summed E-state index contributed by atoms with van der Waals surface area (Å²) in [6.07, 6.45) is 2.73. The van der Waals surface area contributed by atoms with Crippen molar-refractivity contribution >= 4 is 21.4 Å². The summed E-state index contributed by atoms with van der Waals surface area (Å²) < 4.78 is 22.2. The highest BCUT2D eigenvalue weighted by Gasteiger charge is 2.32. The standard InChI is InChI=1S/C8H15ClO2S/c1-2-3-8(9)7-4-5-12(10,11)6-7/h7-8H,2-6H2,1H3. The van der Waals surface area contributed by atoms with Gasteiger partial charge in [-0.2, -0.15) is 0 Å². The molecule has 0 bridgehead atoms. The van der Waals surface area contributed by atoms with Gasteiger partial charge in [-0.15, -0.1) is 11.6 Å². The van der Waals surface area contributed by atoms with E-state index in [1.165, 1.54) is 0 Å². The van der Waals surface area contributed by atoms with Crippen LogP contribution in [0.3, 0.4) is 0 Å². The smallest absolute Gasteiger partial charge is 0.150 e. The fourth-order valence-electron chi connectivity index (χ4n) is 1.62. The highest BCUT2D eigenvalue weighted by Crippen LogP contribution is 2.27. The van der Waals surface area contributed by atoms with E-state index in [4.69, 9.17) is 11.6 Å². The van der Waals surface area contributed by atoms with E-state index in [2.05, 4.69) is 6.92 Å². The van der Waals surface area contributed by atoms with E-state index in [1.54, 1.807) is 0 Å². The highest BCUT2D eigenvalue weighted by molar-refractivity contribution is 7.91. The first-order chi connectivity index (χ1) is 5.55. The van der Waals surface area contributed by atoms with Gasteiger partial charge in [-0.25, -0.2) is 8.42 Å². The van der Waals surface area contributed by atoms with Crippen molar-refractivity contribution in [2.75, 3.05) is 11.5 Å². The van der Waals surface area contributed by atoms with Crippen molar-refractivity contribution in [3.63, 3.8) is 0 Å². The first kappa shape index (κ1) is 10.3. The van der Waals surface area contributed by atoms with E-state index >= 15 is 0 Å². The molecule has 1 aliphatic rings. The molecular weight excluding hydrogens is 196 g/mol. The number of hydrogen-bond acceptors (Lipinski definition) is 2. The van der Waals surface area contributed by atoms with Gasteiger partial charge < -0.3 is 0 Å². The molecule has 2 atom stereocenters. The fourth-order valence-corrected chi connectivity index (χ4v) is 4.04. The first-order valence-electron chi connectivity index (χ1n) is 4.39. The summed E-state index contributed by atoms with van der Waals surface area (Å²) in [4.78, 5) is 0. The van der Waals surface area contributed by atoms with Crippen molar-refractivity contribution < 1.29 is 8.42 Å². The Morgan fingerprint density at radius 3 is 2.67 bits per heavy atom. The Hall–Kier alpha value is 0.240. The summed E-state index contributed by atoms with van der Waals surface area (Å²) in [6, 6.07) is 0. The van der Waals surface area contributed by atoms with Crippen molar-refractivity contribution in [3.8, 4) is 0 Å². The number of hydrogen-bond donors (Lipinski definition) is 0. The third kappa shape index (κ3) is 2.63. The minimum Gasteiger partial charge on any atom is -0.229 e. The quantitative estimate of drug-likeness (QED) is 0.667. The van der Waals surface area contributed by atoms with Gasteiger partial charge in [-0.1, -0.05) is 13.3 Å². The van der Waals surface area contributed by atoms with Gasteiger partial charge in [0.2, 0.25) is 0 Å². The van der Waals surface area contributed by atoms with Crippen LogP contribution in [0.5, 0.6) is 0 Å². The molecule has 0 amide bonds. The molecule has 0 aromatic heterocycles. The predicted octanol–water partition coefficient (Wildman–Crippen LogP) is 1.83. The highest BCUT2D eigenvalue weighted by atomic mass is 35.5. The van der Waals surface area contributed by atoms with Crippen LogP contribution in [0.15, 0.2) is 0 Å². The summed E-state index contributed by atoms with van der Waals surface area (Å²) in [5, 5.41) is 0.0623. The minimum atomic E-state index is -2.74. The lowest BCUT2D eigenvalue weighted by Gasteiger charge is -2.13. The van der Waals surface area contributed by atoms with Gasteiger partial charge in [-0.05, 0) is 18.8 Å². The number of rotatable bonds is 3. The summed E-state index contributed by atoms with van der Waals surface area (Å²) in [6.45, 7) is 2.07. The zero-order valence-corrected chi connectivity index (χ0v) is 8.87. The lowest BCUT2D eigenvalue weighted by atomic mass is 10.0. The van der Waals surface area contributed by atoms with Crippen molar-refractivity contribution in [1.82, 2.24) is 0 Å². The average molecular weight is 211 g/mol. The molecule has 0 saturated carbocycles. The molecule has 0 radical (unpaired) electrons. The van der Waals surface area contributed by atoms with Crippen LogP contribution in [0.25, 0.3) is 0 Å². The Labute approximate surface area is 79.2 Å². The van der Waals surface area contributed by atoms with E-state index in [0.29, 0.717) is 11.5 Å².